The van der Waals surface area contributed by atoms with Crippen LogP contribution < -0.4 is 0 Å². The molecule has 33 heavy (non-hydrogen) atoms. The van der Waals surface area contributed by atoms with E-state index in [-0.39, 0.29) is 18.9 Å². The fraction of sp³-hybridized carbons (Fsp3) is 0.400. The third-order valence-corrected chi connectivity index (χ3v) is 5.54. The minimum absolute atomic E-state index is 0.0737. The zero-order valence-electron chi connectivity index (χ0n) is 19.0. The maximum absolute atomic E-state index is 12.9. The van der Waals surface area contributed by atoms with E-state index in [0.29, 0.717) is 26.3 Å². The highest BCUT2D eigenvalue weighted by Crippen LogP contribution is 2.13. The van der Waals surface area contributed by atoms with Gasteiger partial charge in [0.05, 0.1) is 13.2 Å². The molecule has 3 rings (SSSR count). The molecule has 0 aliphatic carbocycles. The summed E-state index contributed by atoms with van der Waals surface area (Å²) in [5, 5.41) is 0. The third kappa shape index (κ3) is 7.05. The number of morpholine rings is 1. The van der Waals surface area contributed by atoms with E-state index in [9.17, 15) is 14.4 Å². The van der Waals surface area contributed by atoms with E-state index in [1.54, 1.807) is 11.8 Å². The summed E-state index contributed by atoms with van der Waals surface area (Å²) in [6.45, 7) is 3.62. The second-order valence-corrected chi connectivity index (χ2v) is 7.88. The quantitative estimate of drug-likeness (QED) is 0.570. The number of carbonyl (C=O) groups is 3. The molecule has 1 fully saturated rings. The SMILES string of the molecule is C[C@H](C(=O)N1CCOCC1)N(C)C(=O)O[C@@H](Cc1ccccc1)C(=O)OCc1ccccc1. The van der Waals surface area contributed by atoms with E-state index in [1.165, 1.54) is 11.9 Å². The number of likely N-dealkylation sites (N-methyl/N-ethyl adjacent to an activating group) is 1. The molecule has 0 aromatic heterocycles. The van der Waals surface area contributed by atoms with Gasteiger partial charge in [0.1, 0.15) is 12.6 Å². The van der Waals surface area contributed by atoms with E-state index in [4.69, 9.17) is 14.2 Å². The van der Waals surface area contributed by atoms with Crippen LogP contribution in [0.5, 0.6) is 0 Å². The van der Waals surface area contributed by atoms with Crippen molar-refractivity contribution in [2.45, 2.75) is 32.1 Å². The van der Waals surface area contributed by atoms with E-state index in [1.807, 2.05) is 60.7 Å². The molecule has 0 saturated carbocycles. The number of nitrogens with zero attached hydrogens (tertiary/aromatic N) is 2. The molecular weight excluding hydrogens is 424 g/mol. The van der Waals surface area contributed by atoms with Gasteiger partial charge in [-0.3, -0.25) is 9.69 Å². The molecule has 2 amide bonds. The molecule has 1 aliphatic rings. The van der Waals surface area contributed by atoms with Crippen LogP contribution in [0, 0.1) is 0 Å². The number of carbonyl (C=O) groups excluding carboxylic acids is 3. The van der Waals surface area contributed by atoms with Crippen molar-refractivity contribution >= 4 is 18.0 Å². The molecule has 2 aromatic rings. The van der Waals surface area contributed by atoms with E-state index < -0.39 is 24.2 Å². The molecule has 0 radical (unpaired) electrons. The molecule has 0 N–H and O–H groups in total. The van der Waals surface area contributed by atoms with Gasteiger partial charge in [0.15, 0.2) is 0 Å². The lowest BCUT2D eigenvalue weighted by Gasteiger charge is -2.32. The summed E-state index contributed by atoms with van der Waals surface area (Å²) in [5.74, 6) is -0.833. The van der Waals surface area contributed by atoms with Crippen molar-refractivity contribution in [3.63, 3.8) is 0 Å². The molecule has 8 heteroatoms. The Morgan fingerprint density at radius 3 is 2.15 bits per heavy atom. The maximum Gasteiger partial charge on any atom is 0.411 e. The van der Waals surface area contributed by atoms with Gasteiger partial charge in [0, 0.05) is 26.6 Å². The van der Waals surface area contributed by atoms with Gasteiger partial charge in [0.25, 0.3) is 0 Å². The van der Waals surface area contributed by atoms with Crippen LogP contribution in [0.15, 0.2) is 60.7 Å². The zero-order chi connectivity index (χ0) is 23.6. The van der Waals surface area contributed by atoms with Crippen molar-refractivity contribution < 1.29 is 28.6 Å². The zero-order valence-corrected chi connectivity index (χ0v) is 19.0. The second kappa shape index (κ2) is 12.0. The number of hydrogen-bond acceptors (Lipinski definition) is 6. The molecule has 176 valence electrons. The number of esters is 1. The Kier molecular flexibility index (Phi) is 8.83. The normalized spacial score (nSPS) is 15.3. The van der Waals surface area contributed by atoms with Crippen LogP contribution in [0.4, 0.5) is 4.79 Å². The molecule has 0 spiro atoms. The van der Waals surface area contributed by atoms with Crippen LogP contribution >= 0.6 is 0 Å². The monoisotopic (exact) mass is 454 g/mol. The minimum Gasteiger partial charge on any atom is -0.458 e. The van der Waals surface area contributed by atoms with Gasteiger partial charge in [-0.15, -0.1) is 0 Å². The Balaban J connectivity index is 1.65. The Morgan fingerprint density at radius 1 is 0.970 bits per heavy atom. The molecule has 2 aromatic carbocycles. The lowest BCUT2D eigenvalue weighted by atomic mass is 10.1. The first-order valence-electron chi connectivity index (χ1n) is 11.0. The average molecular weight is 455 g/mol. The summed E-state index contributed by atoms with van der Waals surface area (Å²) >= 11 is 0. The van der Waals surface area contributed by atoms with E-state index in [2.05, 4.69) is 0 Å². The summed E-state index contributed by atoms with van der Waals surface area (Å²) in [6, 6.07) is 17.8. The highest BCUT2D eigenvalue weighted by atomic mass is 16.6. The Labute approximate surface area is 194 Å². The standard InChI is InChI=1S/C25H30N2O6/c1-19(23(28)27-13-15-31-16-14-27)26(2)25(30)33-22(17-20-9-5-3-6-10-20)24(29)32-18-21-11-7-4-8-12-21/h3-12,19,22H,13-18H2,1-2H3/t19-,22+/m1/s1. The summed E-state index contributed by atoms with van der Waals surface area (Å²) in [6.07, 6.45) is -1.74. The molecule has 0 bridgehead atoms. The van der Waals surface area contributed by atoms with Gasteiger partial charge in [-0.1, -0.05) is 60.7 Å². The first-order valence-corrected chi connectivity index (χ1v) is 11.0. The third-order valence-electron chi connectivity index (χ3n) is 5.54. The van der Waals surface area contributed by atoms with Gasteiger partial charge >= 0.3 is 12.1 Å². The van der Waals surface area contributed by atoms with Crippen LogP contribution in [-0.4, -0.2) is 73.3 Å². The van der Waals surface area contributed by atoms with Crippen LogP contribution in [0.1, 0.15) is 18.1 Å². The first kappa shape index (κ1) is 24.3. The minimum atomic E-state index is -1.14. The highest BCUT2D eigenvalue weighted by Gasteiger charge is 2.32. The lowest BCUT2D eigenvalue weighted by molar-refractivity contribution is -0.155. The van der Waals surface area contributed by atoms with Crippen molar-refractivity contribution in [1.82, 2.24) is 9.80 Å². The molecule has 2 atom stereocenters. The Morgan fingerprint density at radius 2 is 1.55 bits per heavy atom. The second-order valence-electron chi connectivity index (χ2n) is 7.88. The number of hydrogen-bond donors (Lipinski definition) is 0. The summed E-state index contributed by atoms with van der Waals surface area (Å²) in [4.78, 5) is 41.3. The number of amides is 2. The van der Waals surface area contributed by atoms with Crippen LogP contribution in [0.25, 0.3) is 0 Å². The van der Waals surface area contributed by atoms with Gasteiger partial charge in [-0.2, -0.15) is 0 Å². The highest BCUT2D eigenvalue weighted by molar-refractivity contribution is 5.86. The molecule has 1 heterocycles. The predicted molar refractivity (Wildman–Crippen MR) is 121 cm³/mol. The van der Waals surface area contributed by atoms with Crippen LogP contribution in [0.3, 0.4) is 0 Å². The maximum atomic E-state index is 12.9. The van der Waals surface area contributed by atoms with Crippen LogP contribution in [-0.2, 0) is 36.8 Å². The number of ether oxygens (including phenoxy) is 3. The Hall–Kier alpha value is -3.39. The average Bonchev–Trinajstić information content (AvgIpc) is 2.87. The van der Waals surface area contributed by atoms with Crippen molar-refractivity contribution in [1.29, 1.82) is 0 Å². The van der Waals surface area contributed by atoms with Gasteiger partial charge in [-0.05, 0) is 18.1 Å². The van der Waals surface area contributed by atoms with Crippen molar-refractivity contribution in [2.24, 2.45) is 0 Å². The largest absolute Gasteiger partial charge is 0.458 e. The Bertz CT molecular complexity index is 915. The topological polar surface area (TPSA) is 85.4 Å². The smallest absolute Gasteiger partial charge is 0.411 e. The summed E-state index contributed by atoms with van der Waals surface area (Å²) in [7, 11) is 1.49. The molecule has 8 nitrogen and oxygen atoms in total. The van der Waals surface area contributed by atoms with Gasteiger partial charge < -0.3 is 19.1 Å². The fourth-order valence-electron chi connectivity index (χ4n) is 3.40. The van der Waals surface area contributed by atoms with E-state index >= 15 is 0 Å². The summed E-state index contributed by atoms with van der Waals surface area (Å²) in [5.41, 5.74) is 1.66. The van der Waals surface area contributed by atoms with Gasteiger partial charge in [-0.25, -0.2) is 9.59 Å². The molecule has 1 aliphatic heterocycles. The van der Waals surface area contributed by atoms with Gasteiger partial charge in [0.2, 0.25) is 12.0 Å². The number of benzene rings is 2. The molecular formula is C25H30N2O6. The summed E-state index contributed by atoms with van der Waals surface area (Å²) < 4.78 is 16.2. The molecule has 1 saturated heterocycles. The first-order chi connectivity index (χ1) is 16.0. The van der Waals surface area contributed by atoms with Crippen molar-refractivity contribution in [3.8, 4) is 0 Å². The fourth-order valence-corrected chi connectivity index (χ4v) is 3.40. The number of rotatable bonds is 8. The predicted octanol–water partition coefficient (Wildman–Crippen LogP) is 2.66. The van der Waals surface area contributed by atoms with E-state index in [0.717, 1.165) is 11.1 Å². The van der Waals surface area contributed by atoms with Crippen molar-refractivity contribution in [3.05, 3.63) is 71.8 Å². The molecule has 0 unspecified atom stereocenters. The van der Waals surface area contributed by atoms with Crippen molar-refractivity contribution in [2.75, 3.05) is 33.4 Å². The lowest BCUT2D eigenvalue weighted by Crippen LogP contribution is -2.51. The van der Waals surface area contributed by atoms with Crippen LogP contribution in [0.2, 0.25) is 0 Å².